The lowest BCUT2D eigenvalue weighted by atomic mass is 10.1. The largest absolute Gasteiger partial charge is 0.340 e. The van der Waals surface area contributed by atoms with Gasteiger partial charge in [0, 0.05) is 40.2 Å². The topological polar surface area (TPSA) is 110 Å². The van der Waals surface area contributed by atoms with Crippen LogP contribution in [-0.2, 0) is 6.42 Å². The van der Waals surface area contributed by atoms with Crippen LogP contribution in [0, 0.1) is 17.0 Å². The first-order valence-corrected chi connectivity index (χ1v) is 10.8. The van der Waals surface area contributed by atoms with Crippen molar-refractivity contribution >= 4 is 28.8 Å². The van der Waals surface area contributed by atoms with Gasteiger partial charge in [-0.25, -0.2) is 9.97 Å². The molecule has 0 unspecified atom stereocenters. The number of nitrogens with one attached hydrogen (secondary N) is 2. The third kappa shape index (κ3) is 5.24. The second-order valence-corrected chi connectivity index (χ2v) is 7.67. The van der Waals surface area contributed by atoms with E-state index < -0.39 is 4.92 Å². The molecule has 1 heterocycles. The summed E-state index contributed by atoms with van der Waals surface area (Å²) in [6.07, 6.45) is 0.534. The lowest BCUT2D eigenvalue weighted by molar-refractivity contribution is -0.385. The Morgan fingerprint density at radius 1 is 0.941 bits per heavy atom. The van der Waals surface area contributed by atoms with Crippen molar-refractivity contribution in [2.45, 2.75) is 20.3 Å². The summed E-state index contributed by atoms with van der Waals surface area (Å²) < 4.78 is 0. The summed E-state index contributed by atoms with van der Waals surface area (Å²) in [5, 5.41) is 17.3. The molecule has 0 bridgehead atoms. The van der Waals surface area contributed by atoms with Crippen LogP contribution in [0.15, 0.2) is 78.9 Å². The van der Waals surface area contributed by atoms with Crippen molar-refractivity contribution in [2.75, 3.05) is 10.6 Å². The molecule has 2 N–H and O–H groups in total. The number of rotatable bonds is 7. The molecule has 0 atom stereocenters. The number of hydrogen-bond donors (Lipinski definition) is 2. The van der Waals surface area contributed by atoms with E-state index in [1.54, 1.807) is 30.3 Å². The molecule has 0 saturated heterocycles. The first-order chi connectivity index (χ1) is 16.4. The zero-order valence-corrected chi connectivity index (χ0v) is 18.8. The molecule has 4 rings (SSSR count). The van der Waals surface area contributed by atoms with Crippen molar-refractivity contribution in [1.82, 2.24) is 9.97 Å². The number of amides is 1. The Hall–Kier alpha value is -4.59. The van der Waals surface area contributed by atoms with E-state index >= 15 is 0 Å². The fraction of sp³-hybridized carbons (Fsp3) is 0.115. The fourth-order valence-corrected chi connectivity index (χ4v) is 3.59. The number of hydrogen-bond acceptors (Lipinski definition) is 6. The number of nitrogens with zero attached hydrogens (tertiary/aromatic N) is 3. The maximum Gasteiger partial charge on any atom is 0.274 e. The molecule has 1 aromatic heterocycles. The van der Waals surface area contributed by atoms with Gasteiger partial charge in [0.25, 0.3) is 11.6 Å². The van der Waals surface area contributed by atoms with Crippen LogP contribution in [-0.4, -0.2) is 20.8 Å². The molecule has 0 aliphatic heterocycles. The number of nitro benzene ring substituents is 1. The highest BCUT2D eigenvalue weighted by atomic mass is 16.6. The number of anilines is 3. The summed E-state index contributed by atoms with van der Waals surface area (Å²) in [6.45, 7) is 3.67. The van der Waals surface area contributed by atoms with Gasteiger partial charge in [0.05, 0.1) is 10.6 Å². The third-order valence-electron chi connectivity index (χ3n) is 5.23. The minimum atomic E-state index is -0.438. The number of nitro groups is 1. The quantitative estimate of drug-likeness (QED) is 0.265. The standard InChI is InChI=1S/C26H23N5O3/c1-3-18-12-13-22(15-24(18)31(33)34)30-26(32)20-10-7-11-21(14-20)29-25-16-23(27-17(2)28-25)19-8-5-4-6-9-19/h4-16H,3H2,1-2H3,(H,30,32)(H,27,28,29). The first-order valence-electron chi connectivity index (χ1n) is 10.8. The zero-order chi connectivity index (χ0) is 24.1. The average molecular weight is 454 g/mol. The van der Waals surface area contributed by atoms with Gasteiger partial charge >= 0.3 is 0 Å². The van der Waals surface area contributed by atoms with Gasteiger partial charge in [-0.3, -0.25) is 14.9 Å². The van der Waals surface area contributed by atoms with Gasteiger partial charge < -0.3 is 10.6 Å². The van der Waals surface area contributed by atoms with E-state index in [1.807, 2.05) is 56.3 Å². The van der Waals surface area contributed by atoms with Crippen LogP contribution in [0.3, 0.4) is 0 Å². The molecule has 34 heavy (non-hydrogen) atoms. The first kappa shape index (κ1) is 22.6. The molecule has 0 spiro atoms. The highest BCUT2D eigenvalue weighted by molar-refractivity contribution is 6.05. The Morgan fingerprint density at radius 2 is 1.74 bits per heavy atom. The summed E-state index contributed by atoms with van der Waals surface area (Å²) >= 11 is 0. The molecule has 0 aliphatic rings. The predicted octanol–water partition coefficient (Wildman–Crippen LogP) is 5.92. The van der Waals surface area contributed by atoms with Crippen molar-refractivity contribution in [3.8, 4) is 11.3 Å². The molecule has 0 aliphatic carbocycles. The number of benzene rings is 3. The Morgan fingerprint density at radius 3 is 2.47 bits per heavy atom. The second kappa shape index (κ2) is 9.91. The number of carbonyl (C=O) groups excluding carboxylic acids is 1. The Labute approximate surface area is 196 Å². The summed E-state index contributed by atoms with van der Waals surface area (Å²) in [6, 6.07) is 23.3. The maximum atomic E-state index is 12.8. The molecule has 4 aromatic rings. The number of carbonyl (C=O) groups is 1. The van der Waals surface area contributed by atoms with Crippen LogP contribution >= 0.6 is 0 Å². The summed E-state index contributed by atoms with van der Waals surface area (Å²) in [7, 11) is 0. The van der Waals surface area contributed by atoms with Crippen LogP contribution in [0.25, 0.3) is 11.3 Å². The molecular formula is C26H23N5O3. The van der Waals surface area contributed by atoms with Gasteiger partial charge in [0.2, 0.25) is 0 Å². The zero-order valence-electron chi connectivity index (χ0n) is 18.8. The van der Waals surface area contributed by atoms with Gasteiger partial charge in [0.1, 0.15) is 11.6 Å². The Bertz CT molecular complexity index is 1360. The summed E-state index contributed by atoms with van der Waals surface area (Å²) in [5.74, 6) is 0.857. The highest BCUT2D eigenvalue weighted by Gasteiger charge is 2.15. The molecule has 170 valence electrons. The van der Waals surface area contributed by atoms with Crippen LogP contribution in [0.1, 0.15) is 28.7 Å². The molecule has 0 saturated carbocycles. The third-order valence-corrected chi connectivity index (χ3v) is 5.23. The highest BCUT2D eigenvalue weighted by Crippen LogP contribution is 2.25. The van der Waals surface area contributed by atoms with E-state index in [0.717, 1.165) is 11.3 Å². The molecule has 8 heteroatoms. The van der Waals surface area contributed by atoms with E-state index in [4.69, 9.17) is 0 Å². The van der Waals surface area contributed by atoms with Crippen LogP contribution in [0.5, 0.6) is 0 Å². The SMILES string of the molecule is CCc1ccc(NC(=O)c2cccc(Nc3cc(-c4ccccc4)nc(C)n3)c2)cc1[N+](=O)[O-]. The van der Waals surface area contributed by atoms with Crippen molar-refractivity contribution in [3.05, 3.63) is 106 Å². The number of aryl methyl sites for hydroxylation is 2. The smallest absolute Gasteiger partial charge is 0.274 e. The molecule has 0 radical (unpaired) electrons. The molecular weight excluding hydrogens is 430 g/mol. The maximum absolute atomic E-state index is 12.8. The van der Waals surface area contributed by atoms with Crippen molar-refractivity contribution < 1.29 is 9.72 Å². The van der Waals surface area contributed by atoms with E-state index in [1.165, 1.54) is 6.07 Å². The van der Waals surface area contributed by atoms with Crippen molar-refractivity contribution in [3.63, 3.8) is 0 Å². The number of aromatic nitrogens is 2. The van der Waals surface area contributed by atoms with Gasteiger partial charge in [-0.15, -0.1) is 0 Å². The minimum absolute atomic E-state index is 0.0101. The fourth-order valence-electron chi connectivity index (χ4n) is 3.59. The molecule has 3 aromatic carbocycles. The van der Waals surface area contributed by atoms with Gasteiger partial charge in [-0.05, 0) is 37.6 Å². The summed E-state index contributed by atoms with van der Waals surface area (Å²) in [4.78, 5) is 32.7. The Balaban J connectivity index is 1.54. The van der Waals surface area contributed by atoms with E-state index in [-0.39, 0.29) is 11.6 Å². The van der Waals surface area contributed by atoms with Gasteiger partial charge in [-0.2, -0.15) is 0 Å². The van der Waals surface area contributed by atoms with Crippen LogP contribution in [0.2, 0.25) is 0 Å². The normalized spacial score (nSPS) is 10.5. The van der Waals surface area contributed by atoms with E-state index in [2.05, 4.69) is 20.6 Å². The molecule has 8 nitrogen and oxygen atoms in total. The second-order valence-electron chi connectivity index (χ2n) is 7.67. The monoisotopic (exact) mass is 453 g/mol. The van der Waals surface area contributed by atoms with Crippen molar-refractivity contribution in [2.24, 2.45) is 0 Å². The molecule has 1 amide bonds. The van der Waals surface area contributed by atoms with Gasteiger partial charge in [0.15, 0.2) is 0 Å². The lowest BCUT2D eigenvalue weighted by Gasteiger charge is -2.11. The van der Waals surface area contributed by atoms with Crippen LogP contribution < -0.4 is 10.6 Å². The van der Waals surface area contributed by atoms with Crippen molar-refractivity contribution in [1.29, 1.82) is 0 Å². The minimum Gasteiger partial charge on any atom is -0.340 e. The van der Waals surface area contributed by atoms with Crippen LogP contribution in [0.4, 0.5) is 22.9 Å². The average Bonchev–Trinajstić information content (AvgIpc) is 2.84. The van der Waals surface area contributed by atoms with E-state index in [0.29, 0.717) is 40.6 Å². The molecule has 0 fully saturated rings. The van der Waals surface area contributed by atoms with Gasteiger partial charge in [-0.1, -0.05) is 49.4 Å². The lowest BCUT2D eigenvalue weighted by Crippen LogP contribution is -2.12. The Kier molecular flexibility index (Phi) is 6.59. The predicted molar refractivity (Wildman–Crippen MR) is 132 cm³/mol. The van der Waals surface area contributed by atoms with E-state index in [9.17, 15) is 14.9 Å². The summed E-state index contributed by atoms with van der Waals surface area (Å²) in [5.41, 5.74) is 3.83.